The van der Waals surface area contributed by atoms with Gasteiger partial charge in [0.1, 0.15) is 6.17 Å². The first-order valence-electron chi connectivity index (χ1n) is 11.4. The topological polar surface area (TPSA) is 26.0 Å². The molecule has 0 aromatic rings. The fraction of sp³-hybridized carbons (Fsp3) is 0.917. The van der Waals surface area contributed by atoms with Crippen molar-refractivity contribution in [2.75, 3.05) is 0 Å². The van der Waals surface area contributed by atoms with Crippen LogP contribution in [0.15, 0.2) is 12.3 Å². The van der Waals surface area contributed by atoms with Crippen LogP contribution in [-0.2, 0) is 0 Å². The summed E-state index contributed by atoms with van der Waals surface area (Å²) in [4.78, 5) is 0. The zero-order valence-corrected chi connectivity index (χ0v) is 17.1. The summed E-state index contributed by atoms with van der Waals surface area (Å²) < 4.78 is 14.7. The van der Waals surface area contributed by atoms with Gasteiger partial charge in [-0.25, -0.2) is 4.39 Å². The van der Waals surface area contributed by atoms with E-state index in [9.17, 15) is 4.39 Å². The number of halogens is 1. The Morgan fingerprint density at radius 2 is 1.69 bits per heavy atom. The third-order valence-electron chi connectivity index (χ3n) is 9.82. The van der Waals surface area contributed by atoms with E-state index in [0.717, 1.165) is 55.1 Å². The maximum atomic E-state index is 14.7. The predicted molar refractivity (Wildman–Crippen MR) is 107 cm³/mol. The molecule has 4 fully saturated rings. The van der Waals surface area contributed by atoms with Crippen LogP contribution in [0, 0.1) is 40.4 Å². The van der Waals surface area contributed by atoms with E-state index < -0.39 is 6.17 Å². The highest BCUT2D eigenvalue weighted by atomic mass is 19.1. The molecular formula is C24H40FN. The van der Waals surface area contributed by atoms with Gasteiger partial charge in [-0.15, -0.1) is 0 Å². The first-order valence-corrected chi connectivity index (χ1v) is 11.4. The second kappa shape index (κ2) is 6.82. The molecule has 148 valence electrons. The number of hydrogen-bond donors (Lipinski definition) is 1. The first kappa shape index (κ1) is 18.8. The minimum Gasteiger partial charge on any atom is -0.403 e. The van der Waals surface area contributed by atoms with Crippen molar-refractivity contribution in [2.24, 2.45) is 46.2 Å². The van der Waals surface area contributed by atoms with Gasteiger partial charge in [-0.1, -0.05) is 20.4 Å². The Bertz CT molecular complexity index is 544. The highest BCUT2D eigenvalue weighted by Crippen LogP contribution is 2.68. The Morgan fingerprint density at radius 1 is 0.962 bits per heavy atom. The molecule has 4 aliphatic rings. The van der Waals surface area contributed by atoms with Crippen molar-refractivity contribution in [3.05, 3.63) is 12.3 Å². The Morgan fingerprint density at radius 3 is 2.46 bits per heavy atom. The van der Waals surface area contributed by atoms with Crippen molar-refractivity contribution < 1.29 is 4.39 Å². The average Bonchev–Trinajstić information content (AvgIpc) is 2.91. The van der Waals surface area contributed by atoms with Crippen molar-refractivity contribution in [1.82, 2.24) is 0 Å². The maximum absolute atomic E-state index is 14.7. The molecule has 1 nitrogen and oxygen atoms in total. The molecule has 0 aromatic heterocycles. The van der Waals surface area contributed by atoms with Gasteiger partial charge in [0.25, 0.3) is 0 Å². The number of rotatable bonds is 4. The number of allylic oxidation sites excluding steroid dienone is 1. The van der Waals surface area contributed by atoms with Crippen LogP contribution in [0.5, 0.6) is 0 Å². The van der Waals surface area contributed by atoms with E-state index >= 15 is 0 Å². The largest absolute Gasteiger partial charge is 0.403 e. The summed E-state index contributed by atoms with van der Waals surface area (Å²) in [7, 11) is 0. The molecule has 0 saturated heterocycles. The standard InChI is InChI=1S/C24H40FN/c1-16(26)6-4-7-17-9-11-19-18-10-12-21-22(25)8-5-14-24(21,3)20(18)13-15-23(17,19)2/h17-22H,1,4-15,26H2,2-3H3. The summed E-state index contributed by atoms with van der Waals surface area (Å²) in [6, 6.07) is 0. The lowest BCUT2D eigenvalue weighted by Crippen LogP contribution is -2.54. The van der Waals surface area contributed by atoms with Crippen LogP contribution in [0.3, 0.4) is 0 Å². The fourth-order valence-corrected chi connectivity index (χ4v) is 8.49. The quantitative estimate of drug-likeness (QED) is 0.598. The molecule has 4 rings (SSSR count). The molecule has 4 saturated carbocycles. The minimum absolute atomic E-state index is 0.289. The first-order chi connectivity index (χ1) is 12.4. The van der Waals surface area contributed by atoms with Crippen LogP contribution in [0.4, 0.5) is 4.39 Å². The van der Waals surface area contributed by atoms with E-state index in [4.69, 9.17) is 5.73 Å². The molecule has 0 bridgehead atoms. The van der Waals surface area contributed by atoms with E-state index in [-0.39, 0.29) is 5.41 Å². The summed E-state index contributed by atoms with van der Waals surface area (Å²) in [6.07, 6.45) is 14.3. The van der Waals surface area contributed by atoms with E-state index in [1.54, 1.807) is 0 Å². The summed E-state index contributed by atoms with van der Waals surface area (Å²) in [5.41, 5.74) is 7.46. The Labute approximate surface area is 160 Å². The summed E-state index contributed by atoms with van der Waals surface area (Å²) in [5, 5.41) is 0. The lowest BCUT2D eigenvalue weighted by atomic mass is 9.44. The van der Waals surface area contributed by atoms with Gasteiger partial charge in [-0.05, 0) is 117 Å². The van der Waals surface area contributed by atoms with Gasteiger partial charge in [-0.3, -0.25) is 0 Å². The molecule has 0 aromatic carbocycles. The second-order valence-corrected chi connectivity index (χ2v) is 10.8. The summed E-state index contributed by atoms with van der Waals surface area (Å²) >= 11 is 0. The molecule has 0 spiro atoms. The van der Waals surface area contributed by atoms with E-state index in [1.165, 1.54) is 51.4 Å². The van der Waals surface area contributed by atoms with Gasteiger partial charge in [0.15, 0.2) is 0 Å². The van der Waals surface area contributed by atoms with Crippen molar-refractivity contribution in [3.8, 4) is 0 Å². The Balaban J connectivity index is 1.50. The van der Waals surface area contributed by atoms with E-state index in [2.05, 4.69) is 20.4 Å². The fourth-order valence-electron chi connectivity index (χ4n) is 8.49. The molecule has 4 aliphatic carbocycles. The van der Waals surface area contributed by atoms with Gasteiger partial charge in [0.2, 0.25) is 0 Å². The molecule has 0 amide bonds. The van der Waals surface area contributed by atoms with Gasteiger partial charge in [0.05, 0.1) is 0 Å². The zero-order valence-electron chi connectivity index (χ0n) is 17.1. The van der Waals surface area contributed by atoms with Crippen LogP contribution in [0.1, 0.15) is 90.9 Å². The third-order valence-corrected chi connectivity index (χ3v) is 9.82. The SMILES string of the molecule is C=C(N)CCCC1CCC2C3CCC4C(F)CCCC4(C)C3CCC12C. The van der Waals surface area contributed by atoms with Crippen molar-refractivity contribution >= 4 is 0 Å². The number of fused-ring (bicyclic) bond motifs is 5. The smallest absolute Gasteiger partial charge is 0.103 e. The lowest BCUT2D eigenvalue weighted by molar-refractivity contribution is -0.130. The maximum Gasteiger partial charge on any atom is 0.103 e. The molecule has 8 unspecified atom stereocenters. The van der Waals surface area contributed by atoms with Gasteiger partial charge in [-0.2, -0.15) is 0 Å². The summed E-state index contributed by atoms with van der Waals surface area (Å²) in [5.74, 6) is 3.79. The van der Waals surface area contributed by atoms with Crippen LogP contribution in [-0.4, -0.2) is 6.17 Å². The monoisotopic (exact) mass is 361 g/mol. The van der Waals surface area contributed by atoms with Crippen molar-refractivity contribution in [1.29, 1.82) is 0 Å². The molecule has 2 N–H and O–H groups in total. The van der Waals surface area contributed by atoms with Crippen molar-refractivity contribution in [3.63, 3.8) is 0 Å². The molecule has 26 heavy (non-hydrogen) atoms. The molecule has 0 aliphatic heterocycles. The zero-order chi connectivity index (χ0) is 18.5. The van der Waals surface area contributed by atoms with Crippen molar-refractivity contribution in [2.45, 2.75) is 97.1 Å². The van der Waals surface area contributed by atoms with Crippen LogP contribution >= 0.6 is 0 Å². The average molecular weight is 362 g/mol. The second-order valence-electron chi connectivity index (χ2n) is 10.8. The minimum atomic E-state index is -0.524. The van der Waals surface area contributed by atoms with Gasteiger partial charge < -0.3 is 5.73 Å². The molecule has 0 heterocycles. The number of nitrogens with two attached hydrogens (primary N) is 1. The highest BCUT2D eigenvalue weighted by molar-refractivity contribution is 5.09. The highest BCUT2D eigenvalue weighted by Gasteiger charge is 2.60. The number of hydrogen-bond acceptors (Lipinski definition) is 1. The van der Waals surface area contributed by atoms with Gasteiger partial charge in [0, 0.05) is 5.70 Å². The summed E-state index contributed by atoms with van der Waals surface area (Å²) in [6.45, 7) is 8.95. The molecule has 2 heteroatoms. The Kier molecular flexibility index (Phi) is 4.93. The van der Waals surface area contributed by atoms with Gasteiger partial charge >= 0.3 is 0 Å². The van der Waals surface area contributed by atoms with Crippen LogP contribution < -0.4 is 5.73 Å². The number of alkyl halides is 1. The molecule has 8 atom stereocenters. The Hall–Kier alpha value is -0.530. The van der Waals surface area contributed by atoms with E-state index in [0.29, 0.717) is 11.3 Å². The predicted octanol–water partition coefficient (Wildman–Crippen LogP) is 6.63. The lowest BCUT2D eigenvalue weighted by Gasteiger charge is -2.61. The molecular weight excluding hydrogens is 321 g/mol. The van der Waals surface area contributed by atoms with E-state index in [1.807, 2.05) is 0 Å². The molecule has 0 radical (unpaired) electrons. The van der Waals surface area contributed by atoms with Crippen LogP contribution in [0.2, 0.25) is 0 Å². The normalized spacial score (nSPS) is 50.6. The third kappa shape index (κ3) is 2.85. The van der Waals surface area contributed by atoms with Crippen LogP contribution in [0.25, 0.3) is 0 Å².